The van der Waals surface area contributed by atoms with Crippen molar-refractivity contribution in [3.63, 3.8) is 0 Å². The van der Waals surface area contributed by atoms with Crippen molar-refractivity contribution in [3.05, 3.63) is 0 Å². The summed E-state index contributed by atoms with van der Waals surface area (Å²) in [6, 6.07) is 1.63. The van der Waals surface area contributed by atoms with Crippen LogP contribution < -0.4 is 0 Å². The number of hydrogen-bond acceptors (Lipinski definition) is 5. The Morgan fingerprint density at radius 2 is 2.31 bits per heavy atom. The highest BCUT2D eigenvalue weighted by Crippen LogP contribution is 2.38. The van der Waals surface area contributed by atoms with Gasteiger partial charge in [0.2, 0.25) is 0 Å². The Morgan fingerprint density at radius 3 is 3.00 bits per heavy atom. The van der Waals surface area contributed by atoms with Crippen molar-refractivity contribution >= 4 is 5.97 Å². The highest BCUT2D eigenvalue weighted by molar-refractivity contribution is 5.76. The van der Waals surface area contributed by atoms with Crippen LogP contribution in [0, 0.1) is 17.2 Å². The lowest BCUT2D eigenvalue weighted by Gasteiger charge is -2.24. The third-order valence-corrected chi connectivity index (χ3v) is 3.41. The molecule has 3 atom stereocenters. The number of hydroxylamine groups is 2. The van der Waals surface area contributed by atoms with E-state index in [9.17, 15) is 4.79 Å². The Morgan fingerprint density at radius 1 is 1.56 bits per heavy atom. The molecular weight excluding hydrogens is 208 g/mol. The molecule has 2 aliphatic rings. The number of methoxy groups -OCH3 is 1. The van der Waals surface area contributed by atoms with Crippen LogP contribution in [0.3, 0.4) is 0 Å². The molecule has 2 fully saturated rings. The molecule has 2 rings (SSSR count). The maximum absolute atomic E-state index is 11.7. The molecule has 5 heteroatoms. The van der Waals surface area contributed by atoms with E-state index < -0.39 is 6.04 Å². The molecule has 1 aliphatic carbocycles. The van der Waals surface area contributed by atoms with Gasteiger partial charge in [-0.1, -0.05) is 12.8 Å². The predicted octanol–water partition coefficient (Wildman–Crippen LogP) is 0.858. The highest BCUT2D eigenvalue weighted by atomic mass is 16.7. The number of rotatable bonds is 2. The zero-order chi connectivity index (χ0) is 11.5. The number of esters is 1. The summed E-state index contributed by atoms with van der Waals surface area (Å²) in [7, 11) is 1.38. The van der Waals surface area contributed by atoms with E-state index in [1.165, 1.54) is 12.2 Å². The molecule has 5 nitrogen and oxygen atoms in total. The van der Waals surface area contributed by atoms with Crippen LogP contribution in [0.5, 0.6) is 0 Å². The smallest absolute Gasteiger partial charge is 0.325 e. The molecule has 0 radical (unpaired) electrons. The maximum Gasteiger partial charge on any atom is 0.325 e. The number of nitrogens with zero attached hydrogens (tertiary/aromatic N) is 2. The number of carbonyl (C=O) groups excluding carboxylic acids is 1. The van der Waals surface area contributed by atoms with Crippen LogP contribution in [0.15, 0.2) is 0 Å². The summed E-state index contributed by atoms with van der Waals surface area (Å²) in [4.78, 5) is 17.4. The van der Waals surface area contributed by atoms with Crippen LogP contribution in [-0.4, -0.2) is 36.8 Å². The highest BCUT2D eigenvalue weighted by Gasteiger charge is 2.48. The number of ether oxygens (including phenoxy) is 1. The van der Waals surface area contributed by atoms with Gasteiger partial charge in [-0.25, -0.2) is 0 Å². The molecule has 0 aromatic rings. The number of carbonyl (C=O) groups is 1. The van der Waals surface area contributed by atoms with Crippen LogP contribution in [-0.2, 0) is 14.4 Å². The van der Waals surface area contributed by atoms with E-state index in [0.29, 0.717) is 0 Å². The second kappa shape index (κ2) is 4.81. The molecule has 0 aromatic carbocycles. The molecule has 0 aromatic heterocycles. The largest absolute Gasteiger partial charge is 0.468 e. The van der Waals surface area contributed by atoms with Gasteiger partial charge in [0.1, 0.15) is 12.6 Å². The van der Waals surface area contributed by atoms with E-state index in [0.717, 1.165) is 25.7 Å². The van der Waals surface area contributed by atoms with E-state index >= 15 is 0 Å². The van der Waals surface area contributed by atoms with Gasteiger partial charge in [-0.2, -0.15) is 10.3 Å². The van der Waals surface area contributed by atoms with Gasteiger partial charge in [0, 0.05) is 5.92 Å². The monoisotopic (exact) mass is 224 g/mol. The van der Waals surface area contributed by atoms with Gasteiger partial charge in [0.25, 0.3) is 0 Å². The molecule has 16 heavy (non-hydrogen) atoms. The molecule has 0 unspecified atom stereocenters. The van der Waals surface area contributed by atoms with Gasteiger partial charge in [-0.15, -0.1) is 0 Å². The second-order valence-electron chi connectivity index (χ2n) is 4.29. The van der Waals surface area contributed by atoms with Crippen molar-refractivity contribution in [2.45, 2.75) is 37.8 Å². The molecular formula is C11H16N2O3. The summed E-state index contributed by atoms with van der Waals surface area (Å²) < 4.78 is 4.79. The number of hydrogen-bond donors (Lipinski definition) is 0. The van der Waals surface area contributed by atoms with E-state index in [-0.39, 0.29) is 24.5 Å². The third kappa shape index (κ3) is 1.91. The zero-order valence-corrected chi connectivity index (χ0v) is 9.39. The molecule has 0 amide bonds. The summed E-state index contributed by atoms with van der Waals surface area (Å²) >= 11 is 0. The maximum atomic E-state index is 11.7. The van der Waals surface area contributed by atoms with Gasteiger partial charge >= 0.3 is 5.97 Å². The lowest BCUT2D eigenvalue weighted by atomic mass is 9.82. The van der Waals surface area contributed by atoms with Crippen LogP contribution >= 0.6 is 0 Å². The van der Waals surface area contributed by atoms with Crippen molar-refractivity contribution in [1.29, 1.82) is 5.26 Å². The molecule has 0 spiro atoms. The van der Waals surface area contributed by atoms with Gasteiger partial charge in [-0.05, 0) is 12.8 Å². The first-order valence-corrected chi connectivity index (χ1v) is 5.66. The van der Waals surface area contributed by atoms with E-state index in [1.54, 1.807) is 0 Å². The quantitative estimate of drug-likeness (QED) is 0.514. The third-order valence-electron chi connectivity index (χ3n) is 3.41. The summed E-state index contributed by atoms with van der Waals surface area (Å²) in [6.07, 6.45) is 4.30. The molecule has 1 heterocycles. The van der Waals surface area contributed by atoms with Crippen molar-refractivity contribution < 1.29 is 14.4 Å². The normalized spacial score (nSPS) is 34.1. The standard InChI is InChI=1S/C11H16N2O3/c1-15-11(14)10-8-4-2-3-5-9(8)16-13(10)7-6-12/h8-10H,2-5,7H2,1H3/t8-,9+,10-/m1/s1. The second-order valence-corrected chi connectivity index (χ2v) is 4.29. The van der Waals surface area contributed by atoms with Gasteiger partial charge in [0.15, 0.2) is 0 Å². The summed E-state index contributed by atoms with van der Waals surface area (Å²) in [6.45, 7) is 0.118. The Kier molecular flexibility index (Phi) is 3.42. The molecule has 1 saturated heterocycles. The first-order valence-electron chi connectivity index (χ1n) is 5.66. The fraction of sp³-hybridized carbons (Fsp3) is 0.818. The van der Waals surface area contributed by atoms with Crippen LogP contribution in [0.1, 0.15) is 25.7 Å². The van der Waals surface area contributed by atoms with Crippen molar-refractivity contribution in [2.75, 3.05) is 13.7 Å². The Bertz CT molecular complexity index is 313. The lowest BCUT2D eigenvalue weighted by Crippen LogP contribution is -2.41. The first kappa shape index (κ1) is 11.4. The Labute approximate surface area is 94.9 Å². The Hall–Kier alpha value is -1.12. The van der Waals surface area contributed by atoms with Crippen LogP contribution in [0.2, 0.25) is 0 Å². The predicted molar refractivity (Wildman–Crippen MR) is 55.0 cm³/mol. The molecule has 0 bridgehead atoms. The van der Waals surface area contributed by atoms with Crippen LogP contribution in [0.25, 0.3) is 0 Å². The van der Waals surface area contributed by atoms with Gasteiger partial charge < -0.3 is 4.74 Å². The minimum absolute atomic E-state index is 0.0891. The fourth-order valence-corrected chi connectivity index (χ4v) is 2.69. The Balaban J connectivity index is 2.14. The average Bonchev–Trinajstić information content (AvgIpc) is 2.66. The first-order chi connectivity index (χ1) is 7.77. The lowest BCUT2D eigenvalue weighted by molar-refractivity contribution is -0.176. The van der Waals surface area contributed by atoms with E-state index in [2.05, 4.69) is 0 Å². The average molecular weight is 224 g/mol. The number of nitriles is 1. The van der Waals surface area contributed by atoms with Crippen molar-refractivity contribution in [1.82, 2.24) is 5.06 Å². The molecule has 1 saturated carbocycles. The van der Waals surface area contributed by atoms with E-state index in [1.807, 2.05) is 6.07 Å². The fourth-order valence-electron chi connectivity index (χ4n) is 2.69. The zero-order valence-electron chi connectivity index (χ0n) is 9.39. The molecule has 0 N–H and O–H groups in total. The van der Waals surface area contributed by atoms with E-state index in [4.69, 9.17) is 14.8 Å². The van der Waals surface area contributed by atoms with Crippen molar-refractivity contribution in [2.24, 2.45) is 5.92 Å². The summed E-state index contributed by atoms with van der Waals surface area (Å²) in [5.74, 6) is -0.0980. The topological polar surface area (TPSA) is 62.6 Å². The summed E-state index contributed by atoms with van der Waals surface area (Å²) in [5.41, 5.74) is 0. The summed E-state index contributed by atoms with van der Waals surface area (Å²) in [5, 5.41) is 10.2. The van der Waals surface area contributed by atoms with Crippen molar-refractivity contribution in [3.8, 4) is 6.07 Å². The SMILES string of the molecule is COC(=O)[C@H]1[C@@H]2CCCC[C@@H]2ON1CC#N. The minimum atomic E-state index is -0.394. The minimum Gasteiger partial charge on any atom is -0.468 e. The van der Waals surface area contributed by atoms with Gasteiger partial charge in [0.05, 0.1) is 19.3 Å². The van der Waals surface area contributed by atoms with Gasteiger partial charge in [-0.3, -0.25) is 9.63 Å². The van der Waals surface area contributed by atoms with Crippen LogP contribution in [0.4, 0.5) is 0 Å². The number of fused-ring (bicyclic) bond motifs is 1. The molecule has 1 aliphatic heterocycles. The molecule has 88 valence electrons.